The number of aromatic hydroxyl groups is 1. The number of hydrogen-bond acceptors (Lipinski definition) is 15. The van der Waals surface area contributed by atoms with Gasteiger partial charge in [-0.25, -0.2) is 4.98 Å². The van der Waals surface area contributed by atoms with Gasteiger partial charge in [-0.3, -0.25) is 19.2 Å². The van der Waals surface area contributed by atoms with E-state index in [9.17, 15) is 34.5 Å². The van der Waals surface area contributed by atoms with Gasteiger partial charge in [0, 0.05) is 73.8 Å². The van der Waals surface area contributed by atoms with Crippen LogP contribution in [-0.2, 0) is 23.8 Å². The molecular weight excluding hydrogens is 827 g/mol. The number of methoxy groups -OCH3 is 1. The third-order valence-electron chi connectivity index (χ3n) is 12.3. The number of rotatable bonds is 7. The van der Waals surface area contributed by atoms with Gasteiger partial charge in [0.25, 0.3) is 11.7 Å². The number of phenolic OH excluding ortho intramolecular Hbond substituents is 1. The zero-order chi connectivity index (χ0) is 46.9. The predicted octanol–water partition coefficient (Wildman–Crippen LogP) is 6.28. The van der Waals surface area contributed by atoms with Crippen LogP contribution in [0.1, 0.15) is 70.8 Å². The van der Waals surface area contributed by atoms with Gasteiger partial charge in [0.2, 0.25) is 5.43 Å². The van der Waals surface area contributed by atoms with Crippen molar-refractivity contribution >= 4 is 45.2 Å². The summed E-state index contributed by atoms with van der Waals surface area (Å²) in [5.74, 6) is -6.78. The maximum atomic E-state index is 14.7. The maximum absolute atomic E-state index is 14.7. The highest BCUT2D eigenvalue weighted by atomic mass is 16.7. The van der Waals surface area contributed by atoms with Gasteiger partial charge < -0.3 is 53.6 Å². The van der Waals surface area contributed by atoms with Crippen molar-refractivity contribution in [2.24, 2.45) is 23.7 Å². The fourth-order valence-electron chi connectivity index (χ4n) is 8.44. The molecule has 0 aromatic heterocycles. The fourth-order valence-corrected chi connectivity index (χ4v) is 8.44. The number of allylic oxidation sites excluding steroid dienone is 2. The lowest BCUT2D eigenvalue weighted by atomic mass is 9.78. The first-order valence-corrected chi connectivity index (χ1v) is 21.4. The number of carbonyl (C=O) groups is 3. The summed E-state index contributed by atoms with van der Waals surface area (Å²) in [5, 5.41) is 37.1. The smallest absolute Gasteiger partial charge is 0.312 e. The predicted molar refractivity (Wildman–Crippen MR) is 240 cm³/mol. The molecule has 9 atom stereocenters. The molecule has 0 saturated carbocycles. The topological polar surface area (TPSA) is 216 Å². The van der Waals surface area contributed by atoms with E-state index in [2.05, 4.69) is 5.32 Å². The van der Waals surface area contributed by atoms with Crippen molar-refractivity contribution in [2.45, 2.75) is 92.0 Å². The number of aliphatic hydroxyl groups excluding tert-OH is 2. The van der Waals surface area contributed by atoms with E-state index in [0.29, 0.717) is 17.9 Å². The average Bonchev–Trinajstić information content (AvgIpc) is 3.52. The highest BCUT2D eigenvalue weighted by Crippen LogP contribution is 2.50. The average molecular weight is 886 g/mol. The zero-order valence-corrected chi connectivity index (χ0v) is 38.2. The molecule has 4 bridgehead atoms. The second kappa shape index (κ2) is 19.1. The summed E-state index contributed by atoms with van der Waals surface area (Å²) < 4.78 is 36.3. The van der Waals surface area contributed by atoms with Gasteiger partial charge in [0.05, 0.1) is 42.1 Å². The number of phenols is 1. The SMILES string of the molecule is CO[C@H]1/C=C/O[C@@]2(C)Oc3c(C)c(O)c4c(=O)c(c5oc6cc(OCCCN(C)C)ccc6nc-5c4c3C2=O)NC(=O)/C(C)=C\C=C\[C@H](C)[C@H](O)[C@@H](C)[C@@H](O)[C@@H](C)[C@H](OC(C)=O)[C@@H]1C. The Morgan fingerprint density at radius 2 is 1.72 bits per heavy atom. The molecule has 3 aliphatic heterocycles. The highest BCUT2D eigenvalue weighted by Gasteiger charge is 2.50. The second-order valence-corrected chi connectivity index (χ2v) is 17.4. The third kappa shape index (κ3) is 9.23. The van der Waals surface area contributed by atoms with Crippen molar-refractivity contribution < 1.29 is 57.8 Å². The van der Waals surface area contributed by atoms with Crippen LogP contribution in [0.25, 0.3) is 33.3 Å². The largest absolute Gasteiger partial charge is 0.507 e. The molecule has 2 aromatic carbocycles. The number of Topliss-reactive ketones (excluding diaryl/α,β-unsaturated/α-hetero) is 1. The molecule has 0 unspecified atom stereocenters. The number of amides is 1. The molecule has 1 aliphatic carbocycles. The summed E-state index contributed by atoms with van der Waals surface area (Å²) in [7, 11) is 5.38. The number of benzene rings is 3. The van der Waals surface area contributed by atoms with Gasteiger partial charge >= 0.3 is 11.8 Å². The van der Waals surface area contributed by atoms with E-state index in [1.54, 1.807) is 58.0 Å². The van der Waals surface area contributed by atoms with Crippen LogP contribution < -0.4 is 20.2 Å². The van der Waals surface area contributed by atoms with Crippen molar-refractivity contribution in [3.63, 3.8) is 0 Å². The highest BCUT2D eigenvalue weighted by molar-refractivity contribution is 6.22. The maximum Gasteiger partial charge on any atom is 0.312 e. The van der Waals surface area contributed by atoms with E-state index < -0.39 is 82.7 Å². The fraction of sp³-hybridized carbons (Fsp3) is 0.479. The Hall–Kier alpha value is -5.81. The van der Waals surface area contributed by atoms with Crippen molar-refractivity contribution in [2.75, 3.05) is 39.7 Å². The number of aromatic nitrogens is 1. The number of ketones is 1. The van der Waals surface area contributed by atoms with Crippen molar-refractivity contribution in [3.05, 3.63) is 75.7 Å². The molecule has 16 nitrogen and oxygen atoms in total. The first kappa shape index (κ1) is 47.7. The quantitative estimate of drug-likeness (QED) is 0.0695. The Bertz CT molecular complexity index is 2560. The lowest BCUT2D eigenvalue weighted by molar-refractivity contribution is -0.160. The number of aliphatic hydroxyl groups is 2. The molecule has 4 aliphatic rings. The Balaban J connectivity index is 1.56. The van der Waals surface area contributed by atoms with Crippen molar-refractivity contribution in [1.82, 2.24) is 9.88 Å². The van der Waals surface area contributed by atoms with Crippen LogP contribution in [-0.4, -0.2) is 107 Å². The van der Waals surface area contributed by atoms with Crippen LogP contribution in [0.2, 0.25) is 0 Å². The number of anilines is 1. The molecule has 16 heteroatoms. The molecule has 344 valence electrons. The molecule has 6 rings (SSSR count). The van der Waals surface area contributed by atoms with Crippen LogP contribution in [0, 0.1) is 30.6 Å². The number of nitrogens with one attached hydrogen (secondary N) is 1. The molecular formula is C48H59N3O13. The molecule has 0 spiro atoms. The first-order valence-electron chi connectivity index (χ1n) is 21.4. The van der Waals surface area contributed by atoms with Crippen LogP contribution in [0.5, 0.6) is 17.2 Å². The summed E-state index contributed by atoms with van der Waals surface area (Å²) >= 11 is 0. The van der Waals surface area contributed by atoms with Gasteiger partial charge in [-0.05, 0) is 52.6 Å². The van der Waals surface area contributed by atoms with E-state index in [1.807, 2.05) is 19.0 Å². The second-order valence-electron chi connectivity index (χ2n) is 17.4. The molecule has 64 heavy (non-hydrogen) atoms. The molecule has 0 saturated heterocycles. The van der Waals surface area contributed by atoms with Gasteiger partial charge in [-0.15, -0.1) is 0 Å². The molecule has 1 amide bonds. The van der Waals surface area contributed by atoms with E-state index in [-0.39, 0.29) is 55.9 Å². The Kier molecular flexibility index (Phi) is 14.2. The third-order valence-corrected chi connectivity index (χ3v) is 12.3. The first-order chi connectivity index (χ1) is 30.2. The summed E-state index contributed by atoms with van der Waals surface area (Å²) in [6.45, 7) is 13.8. The molecule has 0 radical (unpaired) electrons. The van der Waals surface area contributed by atoms with Gasteiger partial charge in [0.15, 0.2) is 11.3 Å². The van der Waals surface area contributed by atoms with E-state index in [0.717, 1.165) is 13.0 Å². The van der Waals surface area contributed by atoms with E-state index >= 15 is 0 Å². The molecule has 3 heterocycles. The van der Waals surface area contributed by atoms with Crippen LogP contribution in [0.3, 0.4) is 0 Å². The van der Waals surface area contributed by atoms with Gasteiger partial charge in [-0.2, -0.15) is 0 Å². The van der Waals surface area contributed by atoms with Crippen molar-refractivity contribution in [3.8, 4) is 28.7 Å². The van der Waals surface area contributed by atoms with E-state index in [4.69, 9.17) is 33.1 Å². The van der Waals surface area contributed by atoms with Gasteiger partial charge in [0.1, 0.15) is 40.3 Å². The summed E-state index contributed by atoms with van der Waals surface area (Å²) in [5.41, 5.74) is -0.544. The van der Waals surface area contributed by atoms with Gasteiger partial charge in [-0.1, -0.05) is 45.9 Å². The molecule has 4 N–H and O–H groups in total. The Morgan fingerprint density at radius 3 is 2.39 bits per heavy atom. The summed E-state index contributed by atoms with van der Waals surface area (Å²) in [6, 6.07) is 5.00. The monoisotopic (exact) mass is 885 g/mol. The van der Waals surface area contributed by atoms with Crippen molar-refractivity contribution in [1.29, 1.82) is 0 Å². The number of fused-ring (bicyclic) bond motifs is 2. The van der Waals surface area contributed by atoms with E-state index in [1.165, 1.54) is 53.2 Å². The minimum atomic E-state index is -2.04. The summed E-state index contributed by atoms with van der Waals surface area (Å²) in [6.07, 6.45) is 4.35. The Labute approximate surface area is 371 Å². The zero-order valence-electron chi connectivity index (χ0n) is 38.2. The number of ether oxygens (including phenoxy) is 5. The van der Waals surface area contributed by atoms with Crippen LogP contribution in [0.15, 0.2) is 63.6 Å². The molecule has 0 fully saturated rings. The number of nitrogens with zero attached hydrogens (tertiary/aromatic N) is 2. The lowest BCUT2D eigenvalue weighted by Crippen LogP contribution is -2.46. The minimum absolute atomic E-state index is 0.0191. The lowest BCUT2D eigenvalue weighted by Gasteiger charge is -2.38. The normalized spacial score (nSPS) is 28.8. The minimum Gasteiger partial charge on any atom is -0.507 e. The number of carbonyl (C=O) groups excluding carboxylic acids is 3. The molecule has 2 aromatic rings. The van der Waals surface area contributed by atoms with Crippen LogP contribution in [0.4, 0.5) is 5.69 Å². The van der Waals surface area contributed by atoms with Crippen LogP contribution >= 0.6 is 0 Å². The standard InChI is InChI=1S/C48H59N3O13/c1-23-14-12-15-24(2)47(58)50-38-42(56)35-34(37-45(38)63-33-22-30(16-17-31(33)49-37)60-20-13-19-51(9)10)36-44(28(6)41(35)55)64-48(8,46(36)57)61-21-18-32(59-11)25(3)43(62-29(7)52)27(5)40(54)26(4)39(23)53/h12,14-18,21-23,25-27,32,39-40,43,53-55H,13,19-20H2,1-11H3,(H,50,58)/b14-12+,21-18+,24-15-/t23-,25+,26+,27+,32-,39-,40+,43+,48-/m0/s1. The number of hydrogen-bond donors (Lipinski definition) is 4. The summed E-state index contributed by atoms with van der Waals surface area (Å²) in [4.78, 5) is 62.7. The Morgan fingerprint density at radius 1 is 1.00 bits per heavy atom. The number of esters is 1.